The molecule has 0 aromatic heterocycles. The normalized spacial score (nSPS) is 15.9. The summed E-state index contributed by atoms with van der Waals surface area (Å²) in [5, 5.41) is 0. The quantitative estimate of drug-likeness (QED) is 0.795. The molecular formula is C10H14O3S2. The molecule has 0 fully saturated rings. The van der Waals surface area contributed by atoms with Gasteiger partial charge in [-0.25, -0.2) is 8.42 Å². The highest BCUT2D eigenvalue weighted by Crippen LogP contribution is 2.11. The van der Waals surface area contributed by atoms with Gasteiger partial charge in [-0.2, -0.15) is 0 Å². The van der Waals surface area contributed by atoms with Crippen LogP contribution in [0.15, 0.2) is 30.3 Å². The lowest BCUT2D eigenvalue weighted by Crippen LogP contribution is -2.26. The molecule has 2 atom stereocenters. The molecule has 0 radical (unpaired) electrons. The van der Waals surface area contributed by atoms with E-state index in [4.69, 9.17) is 0 Å². The molecule has 5 heteroatoms. The molecule has 3 nitrogen and oxygen atoms in total. The molecule has 1 rings (SSSR count). The van der Waals surface area contributed by atoms with E-state index in [9.17, 15) is 12.6 Å². The fourth-order valence-electron chi connectivity index (χ4n) is 1.32. The predicted molar refractivity (Wildman–Crippen MR) is 62.8 cm³/mol. The third-order valence-electron chi connectivity index (χ3n) is 2.09. The molecule has 1 aromatic rings. The molecule has 0 bridgehead atoms. The summed E-state index contributed by atoms with van der Waals surface area (Å²) in [5.74, 6) is 0. The van der Waals surface area contributed by atoms with Crippen LogP contribution in [0.1, 0.15) is 5.56 Å². The van der Waals surface area contributed by atoms with Crippen LogP contribution < -0.4 is 0 Å². The van der Waals surface area contributed by atoms with Crippen molar-refractivity contribution in [1.29, 1.82) is 0 Å². The van der Waals surface area contributed by atoms with Gasteiger partial charge >= 0.3 is 0 Å². The first-order chi connectivity index (χ1) is 6.91. The summed E-state index contributed by atoms with van der Waals surface area (Å²) in [4.78, 5) is 0. The average Bonchev–Trinajstić information content (AvgIpc) is 2.13. The summed E-state index contributed by atoms with van der Waals surface area (Å²) in [6, 6.07) is 9.22. The molecule has 0 N–H and O–H groups in total. The van der Waals surface area contributed by atoms with Crippen molar-refractivity contribution in [1.82, 2.24) is 0 Å². The number of benzene rings is 1. The van der Waals surface area contributed by atoms with Crippen molar-refractivity contribution in [3.63, 3.8) is 0 Å². The van der Waals surface area contributed by atoms with Gasteiger partial charge in [-0.3, -0.25) is 4.21 Å². The van der Waals surface area contributed by atoms with Crippen molar-refractivity contribution in [3.8, 4) is 0 Å². The van der Waals surface area contributed by atoms with Crippen LogP contribution in [-0.4, -0.2) is 29.7 Å². The third kappa shape index (κ3) is 3.76. The summed E-state index contributed by atoms with van der Waals surface area (Å²) >= 11 is 0. The SMILES string of the molecule is CS(=O)C(Cc1ccccc1)S(C)(=O)=O. The van der Waals surface area contributed by atoms with Crippen LogP contribution in [0, 0.1) is 0 Å². The van der Waals surface area contributed by atoms with Crippen molar-refractivity contribution in [2.24, 2.45) is 0 Å². The van der Waals surface area contributed by atoms with Crippen LogP contribution in [-0.2, 0) is 27.1 Å². The second kappa shape index (κ2) is 4.90. The highest BCUT2D eigenvalue weighted by molar-refractivity contribution is 8.05. The van der Waals surface area contributed by atoms with Crippen LogP contribution in [0.25, 0.3) is 0 Å². The second-order valence-corrected chi connectivity index (χ2v) is 7.54. The summed E-state index contributed by atoms with van der Waals surface area (Å²) in [7, 11) is -4.62. The van der Waals surface area contributed by atoms with Crippen LogP contribution in [0.3, 0.4) is 0 Å². The smallest absolute Gasteiger partial charge is 0.162 e. The van der Waals surface area contributed by atoms with Gasteiger partial charge in [0.1, 0.15) is 4.58 Å². The van der Waals surface area contributed by atoms with Crippen molar-refractivity contribution in [2.75, 3.05) is 12.5 Å². The molecule has 1 aromatic carbocycles. The Kier molecular flexibility index (Phi) is 4.04. The van der Waals surface area contributed by atoms with E-state index in [0.29, 0.717) is 6.42 Å². The minimum Gasteiger partial charge on any atom is -0.259 e. The Morgan fingerprint density at radius 3 is 2.20 bits per heavy atom. The molecule has 84 valence electrons. The lowest BCUT2D eigenvalue weighted by molar-refractivity contribution is 0.596. The van der Waals surface area contributed by atoms with Crippen LogP contribution in [0.2, 0.25) is 0 Å². The monoisotopic (exact) mass is 246 g/mol. The van der Waals surface area contributed by atoms with E-state index in [2.05, 4.69) is 0 Å². The molecule has 0 aliphatic rings. The number of sulfone groups is 1. The van der Waals surface area contributed by atoms with Gasteiger partial charge in [0.2, 0.25) is 0 Å². The third-order valence-corrected chi connectivity index (χ3v) is 5.98. The lowest BCUT2D eigenvalue weighted by Gasteiger charge is -2.11. The number of rotatable bonds is 4. The molecule has 0 aliphatic heterocycles. The molecule has 15 heavy (non-hydrogen) atoms. The predicted octanol–water partition coefficient (Wildman–Crippen LogP) is 0.978. The molecule has 2 unspecified atom stereocenters. The molecule has 0 amide bonds. The van der Waals surface area contributed by atoms with Crippen LogP contribution in [0.4, 0.5) is 0 Å². The highest BCUT2D eigenvalue weighted by atomic mass is 32.3. The largest absolute Gasteiger partial charge is 0.259 e. The van der Waals surface area contributed by atoms with Gasteiger partial charge in [0, 0.05) is 29.7 Å². The topological polar surface area (TPSA) is 51.2 Å². The fraction of sp³-hybridized carbons (Fsp3) is 0.400. The van der Waals surface area contributed by atoms with E-state index in [1.165, 1.54) is 6.26 Å². The van der Waals surface area contributed by atoms with E-state index in [1.54, 1.807) is 0 Å². The first kappa shape index (κ1) is 12.4. The summed E-state index contributed by atoms with van der Waals surface area (Å²) < 4.78 is 33.3. The van der Waals surface area contributed by atoms with E-state index >= 15 is 0 Å². The van der Waals surface area contributed by atoms with Gasteiger partial charge in [0.25, 0.3) is 0 Å². The van der Waals surface area contributed by atoms with Gasteiger partial charge in [-0.15, -0.1) is 0 Å². The summed E-state index contributed by atoms with van der Waals surface area (Å²) in [5.41, 5.74) is 0.892. The average molecular weight is 246 g/mol. The molecule has 0 spiro atoms. The Balaban J connectivity index is 2.92. The maximum Gasteiger partial charge on any atom is 0.162 e. The van der Waals surface area contributed by atoms with Gasteiger partial charge in [-0.05, 0) is 5.56 Å². The van der Waals surface area contributed by atoms with Gasteiger partial charge < -0.3 is 0 Å². The fourth-order valence-corrected chi connectivity index (χ4v) is 4.21. The zero-order chi connectivity index (χ0) is 11.5. The van der Waals surface area contributed by atoms with Gasteiger partial charge in [0.05, 0.1) is 0 Å². The van der Waals surface area contributed by atoms with Gasteiger partial charge in [0.15, 0.2) is 9.84 Å². The summed E-state index contributed by atoms with van der Waals surface area (Å²) in [6.07, 6.45) is 2.86. The first-order valence-corrected chi connectivity index (χ1v) is 8.04. The minimum absolute atomic E-state index is 0.308. The molecule has 0 heterocycles. The molecule has 0 saturated carbocycles. The standard InChI is InChI=1S/C10H14O3S2/c1-14(11)10(15(2,12)13)8-9-6-4-3-5-7-9/h3-7,10H,8H2,1-2H3. The minimum atomic E-state index is -3.26. The van der Waals surface area contributed by atoms with Crippen molar-refractivity contribution >= 4 is 20.6 Å². The van der Waals surface area contributed by atoms with Crippen molar-refractivity contribution in [3.05, 3.63) is 35.9 Å². The highest BCUT2D eigenvalue weighted by Gasteiger charge is 2.24. The molecule has 0 aliphatic carbocycles. The summed E-state index contributed by atoms with van der Waals surface area (Å²) in [6.45, 7) is 0. The molecular weight excluding hydrogens is 232 g/mol. The van der Waals surface area contributed by atoms with E-state index in [1.807, 2.05) is 30.3 Å². The maximum atomic E-state index is 11.4. The van der Waals surface area contributed by atoms with Gasteiger partial charge in [-0.1, -0.05) is 30.3 Å². The number of hydrogen-bond donors (Lipinski definition) is 0. The Morgan fingerprint density at radius 2 is 1.80 bits per heavy atom. The zero-order valence-electron chi connectivity index (χ0n) is 8.71. The van der Waals surface area contributed by atoms with E-state index < -0.39 is 25.2 Å². The van der Waals surface area contributed by atoms with Crippen molar-refractivity contribution < 1.29 is 12.6 Å². The Labute approximate surface area is 92.9 Å². The Morgan fingerprint density at radius 1 is 1.27 bits per heavy atom. The lowest BCUT2D eigenvalue weighted by atomic mass is 10.2. The van der Waals surface area contributed by atoms with E-state index in [-0.39, 0.29) is 0 Å². The Hall–Kier alpha value is -0.680. The van der Waals surface area contributed by atoms with Crippen molar-refractivity contribution in [2.45, 2.75) is 11.0 Å². The van der Waals surface area contributed by atoms with E-state index in [0.717, 1.165) is 11.8 Å². The second-order valence-electron chi connectivity index (χ2n) is 3.45. The zero-order valence-corrected chi connectivity index (χ0v) is 10.3. The van der Waals surface area contributed by atoms with Crippen LogP contribution in [0.5, 0.6) is 0 Å². The maximum absolute atomic E-state index is 11.4. The van der Waals surface area contributed by atoms with Crippen LogP contribution >= 0.6 is 0 Å². The Bertz CT molecular complexity index is 437. The molecule has 0 saturated heterocycles. The first-order valence-electron chi connectivity index (χ1n) is 4.46. The number of hydrogen-bond acceptors (Lipinski definition) is 3.